The van der Waals surface area contributed by atoms with Crippen molar-refractivity contribution in [3.05, 3.63) is 42.0 Å². The first kappa shape index (κ1) is 23.1. The first-order valence-corrected chi connectivity index (χ1v) is 12.0. The van der Waals surface area contributed by atoms with Gasteiger partial charge in [0.2, 0.25) is 11.8 Å². The molecule has 2 N–H and O–H groups in total. The van der Waals surface area contributed by atoms with Gasteiger partial charge in [-0.1, -0.05) is 37.7 Å². The smallest absolute Gasteiger partial charge is 0.234 e. The van der Waals surface area contributed by atoms with Gasteiger partial charge in [0.25, 0.3) is 0 Å². The predicted molar refractivity (Wildman–Crippen MR) is 125 cm³/mol. The van der Waals surface area contributed by atoms with Crippen LogP contribution in [0.1, 0.15) is 38.7 Å². The van der Waals surface area contributed by atoms with E-state index in [9.17, 15) is 9.59 Å². The lowest BCUT2D eigenvalue weighted by atomic mass is 9.97. The van der Waals surface area contributed by atoms with Crippen LogP contribution in [0.4, 0.5) is 11.5 Å². The molecule has 1 saturated heterocycles. The van der Waals surface area contributed by atoms with Crippen LogP contribution in [0, 0.1) is 5.92 Å². The number of aromatic nitrogens is 2. The Bertz CT molecular complexity index is 857. The molecule has 31 heavy (non-hydrogen) atoms. The highest BCUT2D eigenvalue weighted by Gasteiger charge is 2.26. The van der Waals surface area contributed by atoms with Crippen molar-refractivity contribution in [2.24, 2.45) is 5.92 Å². The molecule has 166 valence electrons. The summed E-state index contributed by atoms with van der Waals surface area (Å²) in [6.07, 6.45) is 3.78. The van der Waals surface area contributed by atoms with E-state index in [1.54, 1.807) is 0 Å². The fourth-order valence-corrected chi connectivity index (χ4v) is 4.12. The molecular weight excluding hydrogens is 410 g/mol. The van der Waals surface area contributed by atoms with Crippen molar-refractivity contribution in [1.82, 2.24) is 15.5 Å². The van der Waals surface area contributed by atoms with Crippen LogP contribution in [0.2, 0.25) is 0 Å². The molecule has 2 heterocycles. The highest BCUT2D eigenvalue weighted by atomic mass is 32.2. The van der Waals surface area contributed by atoms with E-state index in [0.29, 0.717) is 11.6 Å². The number of carbonyl (C=O) groups is 2. The van der Waals surface area contributed by atoms with E-state index in [1.807, 2.05) is 36.4 Å². The van der Waals surface area contributed by atoms with Crippen molar-refractivity contribution in [2.75, 3.05) is 35.6 Å². The first-order chi connectivity index (χ1) is 15.1. The van der Waals surface area contributed by atoms with Crippen molar-refractivity contribution in [2.45, 2.75) is 44.6 Å². The summed E-state index contributed by atoms with van der Waals surface area (Å²) in [6, 6.07) is 11.7. The number of rotatable bonds is 9. The highest BCUT2D eigenvalue weighted by molar-refractivity contribution is 7.99. The lowest BCUT2D eigenvalue weighted by Gasteiger charge is -2.32. The number of thioether (sulfide) groups is 1. The summed E-state index contributed by atoms with van der Waals surface area (Å²) in [5.41, 5.74) is 2.04. The van der Waals surface area contributed by atoms with E-state index in [0.717, 1.165) is 50.3 Å². The number of nitrogens with zero attached hydrogens (tertiary/aromatic N) is 3. The fraction of sp³-hybridized carbons (Fsp3) is 0.478. The van der Waals surface area contributed by atoms with E-state index in [1.165, 1.54) is 17.3 Å². The molecule has 2 aromatic rings. The van der Waals surface area contributed by atoms with Gasteiger partial charge in [-0.15, -0.1) is 10.2 Å². The van der Waals surface area contributed by atoms with Gasteiger partial charge in [-0.05, 0) is 55.5 Å². The van der Waals surface area contributed by atoms with E-state index in [4.69, 9.17) is 0 Å². The molecule has 1 aromatic heterocycles. The van der Waals surface area contributed by atoms with Crippen molar-refractivity contribution in [1.29, 1.82) is 0 Å². The maximum atomic E-state index is 12.3. The summed E-state index contributed by atoms with van der Waals surface area (Å²) in [7, 11) is 0. The molecule has 1 aromatic carbocycles. The van der Waals surface area contributed by atoms with Gasteiger partial charge in [0, 0.05) is 25.3 Å². The summed E-state index contributed by atoms with van der Waals surface area (Å²) in [5, 5.41) is 15.2. The molecule has 3 rings (SSSR count). The summed E-state index contributed by atoms with van der Waals surface area (Å²) in [5.74, 6) is 1.09. The molecular formula is C23H31N5O2S. The van der Waals surface area contributed by atoms with Crippen molar-refractivity contribution < 1.29 is 9.59 Å². The van der Waals surface area contributed by atoms with Crippen LogP contribution in [0.25, 0.3) is 0 Å². The molecule has 0 spiro atoms. The average molecular weight is 442 g/mol. The summed E-state index contributed by atoms with van der Waals surface area (Å²) >= 11 is 1.36. The Hall–Kier alpha value is -2.61. The molecule has 2 amide bonds. The molecule has 1 atom stereocenters. The Morgan fingerprint density at radius 3 is 2.61 bits per heavy atom. The Morgan fingerprint density at radius 1 is 1.13 bits per heavy atom. The molecule has 0 bridgehead atoms. The van der Waals surface area contributed by atoms with Gasteiger partial charge in [0.1, 0.15) is 5.03 Å². The van der Waals surface area contributed by atoms with Gasteiger partial charge >= 0.3 is 0 Å². The third-order valence-corrected chi connectivity index (χ3v) is 6.21. The van der Waals surface area contributed by atoms with Gasteiger partial charge in [0.15, 0.2) is 5.82 Å². The van der Waals surface area contributed by atoms with Gasteiger partial charge in [0.05, 0.1) is 11.7 Å². The fourth-order valence-electron chi connectivity index (χ4n) is 3.51. The van der Waals surface area contributed by atoms with Crippen LogP contribution < -0.4 is 15.5 Å². The SMILES string of the molecule is CCCNC(=O)[C@@H]1CCCN(c2ccc(SCC(=O)Nc3ccc(CC)cc3)nn2)C1. The van der Waals surface area contributed by atoms with Crippen LogP contribution in [0.15, 0.2) is 41.4 Å². The summed E-state index contributed by atoms with van der Waals surface area (Å²) < 4.78 is 0. The summed E-state index contributed by atoms with van der Waals surface area (Å²) in [6.45, 7) is 6.41. The number of nitrogens with one attached hydrogen (secondary N) is 2. The Morgan fingerprint density at radius 2 is 1.94 bits per heavy atom. The monoisotopic (exact) mass is 441 g/mol. The zero-order chi connectivity index (χ0) is 22.1. The standard InChI is InChI=1S/C23H31N5O2S/c1-3-13-24-23(30)18-6-5-14-28(15-18)20-11-12-22(27-26-20)31-16-21(29)25-19-9-7-17(4-2)8-10-19/h7-12,18H,3-6,13-16H2,1-2H3,(H,24,30)(H,25,29)/t18-/m1/s1. The van der Waals surface area contributed by atoms with Crippen LogP contribution in [0.5, 0.6) is 0 Å². The minimum atomic E-state index is -0.0721. The van der Waals surface area contributed by atoms with Crippen LogP contribution in [0.3, 0.4) is 0 Å². The molecule has 1 fully saturated rings. The largest absolute Gasteiger partial charge is 0.356 e. The number of anilines is 2. The third-order valence-electron chi connectivity index (χ3n) is 5.29. The zero-order valence-electron chi connectivity index (χ0n) is 18.3. The topological polar surface area (TPSA) is 87.2 Å². The van der Waals surface area contributed by atoms with Gasteiger partial charge in [-0.2, -0.15) is 0 Å². The van der Waals surface area contributed by atoms with Gasteiger partial charge in [-0.25, -0.2) is 0 Å². The molecule has 1 aliphatic rings. The Balaban J connectivity index is 1.48. The number of amides is 2. The minimum Gasteiger partial charge on any atom is -0.356 e. The van der Waals surface area contributed by atoms with E-state index >= 15 is 0 Å². The van der Waals surface area contributed by atoms with Crippen LogP contribution >= 0.6 is 11.8 Å². The van der Waals surface area contributed by atoms with Gasteiger partial charge in [-0.3, -0.25) is 9.59 Å². The number of hydrogen-bond acceptors (Lipinski definition) is 6. The third kappa shape index (κ3) is 6.95. The molecule has 8 heteroatoms. The second-order valence-electron chi connectivity index (χ2n) is 7.69. The molecule has 7 nitrogen and oxygen atoms in total. The molecule has 0 saturated carbocycles. The summed E-state index contributed by atoms with van der Waals surface area (Å²) in [4.78, 5) is 26.6. The normalized spacial score (nSPS) is 16.1. The lowest BCUT2D eigenvalue weighted by Crippen LogP contribution is -2.43. The Kier molecular flexibility index (Phi) is 8.70. The number of hydrogen-bond donors (Lipinski definition) is 2. The molecule has 0 radical (unpaired) electrons. The van der Waals surface area contributed by atoms with Crippen LogP contribution in [-0.4, -0.2) is 47.4 Å². The number of aryl methyl sites for hydroxylation is 1. The second kappa shape index (κ2) is 11.7. The number of benzene rings is 1. The van der Waals surface area contributed by atoms with E-state index in [2.05, 4.69) is 39.6 Å². The maximum Gasteiger partial charge on any atom is 0.234 e. The van der Waals surface area contributed by atoms with E-state index in [-0.39, 0.29) is 23.5 Å². The number of carbonyl (C=O) groups excluding carboxylic acids is 2. The quantitative estimate of drug-likeness (QED) is 0.579. The minimum absolute atomic E-state index is 0.00811. The second-order valence-corrected chi connectivity index (χ2v) is 8.69. The number of piperidine rings is 1. The zero-order valence-corrected chi connectivity index (χ0v) is 19.1. The molecule has 1 aliphatic heterocycles. The Labute approximate surface area is 188 Å². The van der Waals surface area contributed by atoms with E-state index < -0.39 is 0 Å². The van der Waals surface area contributed by atoms with Crippen LogP contribution in [-0.2, 0) is 16.0 Å². The maximum absolute atomic E-state index is 12.3. The van der Waals surface area contributed by atoms with Crippen molar-refractivity contribution in [3.63, 3.8) is 0 Å². The van der Waals surface area contributed by atoms with Crippen molar-refractivity contribution >= 4 is 35.1 Å². The van der Waals surface area contributed by atoms with Crippen molar-refractivity contribution in [3.8, 4) is 0 Å². The highest BCUT2D eigenvalue weighted by Crippen LogP contribution is 2.23. The van der Waals surface area contributed by atoms with Gasteiger partial charge < -0.3 is 15.5 Å². The lowest BCUT2D eigenvalue weighted by molar-refractivity contribution is -0.125. The first-order valence-electron chi connectivity index (χ1n) is 11.0. The predicted octanol–water partition coefficient (Wildman–Crippen LogP) is 3.51. The molecule has 0 aliphatic carbocycles. The average Bonchev–Trinajstić information content (AvgIpc) is 2.82. The molecule has 0 unspecified atom stereocenters.